The van der Waals surface area contributed by atoms with Gasteiger partial charge in [-0.3, -0.25) is 19.8 Å². The first-order valence-corrected chi connectivity index (χ1v) is 8.17. The van der Waals surface area contributed by atoms with Gasteiger partial charge in [0, 0.05) is 37.6 Å². The molecular formula is C16H30N4O3. The normalized spacial score (nSPS) is 17.8. The van der Waals surface area contributed by atoms with Gasteiger partial charge in [0.05, 0.1) is 6.04 Å². The smallest absolute Gasteiger partial charge is 0.321 e. The lowest BCUT2D eigenvalue weighted by Gasteiger charge is -2.38. The first kappa shape index (κ1) is 19.4. The standard InChI is InChI=1S/C16H30N4O3/c1-11(2)14(22)20-9-7-19(8-10-20)12(3)13(21)17-15(23)18-16(4,5)6/h11-12H,7-10H2,1-6H3,(H2,17,18,21,23). The van der Waals surface area contributed by atoms with Gasteiger partial charge in [-0.15, -0.1) is 0 Å². The van der Waals surface area contributed by atoms with Gasteiger partial charge in [-0.25, -0.2) is 4.79 Å². The second-order valence-corrected chi connectivity index (χ2v) is 7.39. The number of nitrogens with one attached hydrogen (secondary N) is 2. The van der Waals surface area contributed by atoms with E-state index in [4.69, 9.17) is 0 Å². The third-order valence-corrected chi connectivity index (χ3v) is 3.77. The Morgan fingerprint density at radius 2 is 1.48 bits per heavy atom. The minimum Gasteiger partial charge on any atom is -0.340 e. The Hall–Kier alpha value is -1.63. The Morgan fingerprint density at radius 3 is 1.91 bits per heavy atom. The van der Waals surface area contributed by atoms with Crippen molar-refractivity contribution < 1.29 is 14.4 Å². The van der Waals surface area contributed by atoms with E-state index in [0.717, 1.165) is 0 Å². The molecule has 7 nitrogen and oxygen atoms in total. The molecule has 1 fully saturated rings. The highest BCUT2D eigenvalue weighted by molar-refractivity contribution is 5.97. The number of piperazine rings is 1. The van der Waals surface area contributed by atoms with Gasteiger partial charge in [-0.2, -0.15) is 0 Å². The summed E-state index contributed by atoms with van der Waals surface area (Å²) in [6.07, 6.45) is 0. The molecule has 0 aromatic rings. The van der Waals surface area contributed by atoms with E-state index in [-0.39, 0.29) is 17.7 Å². The summed E-state index contributed by atoms with van der Waals surface area (Å²) in [6, 6.07) is -0.889. The molecule has 0 bridgehead atoms. The molecule has 1 unspecified atom stereocenters. The van der Waals surface area contributed by atoms with Gasteiger partial charge in [-0.05, 0) is 27.7 Å². The van der Waals surface area contributed by atoms with E-state index in [0.29, 0.717) is 26.2 Å². The van der Waals surface area contributed by atoms with Gasteiger partial charge in [0.15, 0.2) is 0 Å². The lowest BCUT2D eigenvalue weighted by atomic mass is 10.1. The van der Waals surface area contributed by atoms with Crippen molar-refractivity contribution in [1.82, 2.24) is 20.4 Å². The molecule has 0 aliphatic carbocycles. The van der Waals surface area contributed by atoms with Crippen LogP contribution in [0.15, 0.2) is 0 Å². The summed E-state index contributed by atoms with van der Waals surface area (Å²) < 4.78 is 0. The van der Waals surface area contributed by atoms with Crippen molar-refractivity contribution in [3.8, 4) is 0 Å². The van der Waals surface area contributed by atoms with Gasteiger partial charge in [0.2, 0.25) is 11.8 Å². The average molecular weight is 326 g/mol. The first-order valence-electron chi connectivity index (χ1n) is 8.17. The maximum absolute atomic E-state index is 12.2. The largest absolute Gasteiger partial charge is 0.340 e. The fourth-order valence-electron chi connectivity index (χ4n) is 2.45. The Labute approximate surface area is 138 Å². The molecule has 1 aliphatic rings. The lowest BCUT2D eigenvalue weighted by molar-refractivity contribution is -0.137. The molecule has 1 atom stereocenters. The first-order chi connectivity index (χ1) is 10.5. The van der Waals surface area contributed by atoms with Crippen LogP contribution < -0.4 is 10.6 Å². The summed E-state index contributed by atoms with van der Waals surface area (Å²) in [7, 11) is 0. The number of urea groups is 1. The van der Waals surface area contributed by atoms with Crippen molar-refractivity contribution in [3.63, 3.8) is 0 Å². The zero-order chi connectivity index (χ0) is 17.8. The highest BCUT2D eigenvalue weighted by Gasteiger charge is 2.29. The highest BCUT2D eigenvalue weighted by atomic mass is 16.2. The van der Waals surface area contributed by atoms with Crippen LogP contribution in [0.3, 0.4) is 0 Å². The fourth-order valence-corrected chi connectivity index (χ4v) is 2.45. The van der Waals surface area contributed by atoms with E-state index in [9.17, 15) is 14.4 Å². The molecule has 1 aliphatic heterocycles. The molecule has 0 saturated carbocycles. The van der Waals surface area contributed by atoms with Crippen LogP contribution in [0.1, 0.15) is 41.5 Å². The van der Waals surface area contributed by atoms with Crippen LogP contribution >= 0.6 is 0 Å². The van der Waals surface area contributed by atoms with Crippen LogP contribution in [0.4, 0.5) is 4.79 Å². The molecule has 0 radical (unpaired) electrons. The minimum atomic E-state index is -0.483. The van der Waals surface area contributed by atoms with Crippen molar-refractivity contribution in [1.29, 1.82) is 0 Å². The zero-order valence-electron chi connectivity index (χ0n) is 15.1. The Balaban J connectivity index is 2.47. The minimum absolute atomic E-state index is 0.0108. The molecule has 1 heterocycles. The van der Waals surface area contributed by atoms with Gasteiger partial charge < -0.3 is 10.2 Å². The SMILES string of the molecule is CC(C)C(=O)N1CCN(C(C)C(=O)NC(=O)NC(C)(C)C)CC1. The van der Waals surface area contributed by atoms with E-state index in [1.807, 2.05) is 44.4 Å². The monoisotopic (exact) mass is 326 g/mol. The van der Waals surface area contributed by atoms with Crippen molar-refractivity contribution in [2.45, 2.75) is 53.1 Å². The Kier molecular flexibility index (Phi) is 6.56. The maximum Gasteiger partial charge on any atom is 0.321 e. The summed E-state index contributed by atoms with van der Waals surface area (Å²) in [5.74, 6) is -0.190. The summed E-state index contributed by atoms with van der Waals surface area (Å²) in [5.41, 5.74) is -0.392. The molecule has 1 saturated heterocycles. The van der Waals surface area contributed by atoms with Crippen LogP contribution in [-0.2, 0) is 9.59 Å². The topological polar surface area (TPSA) is 81.8 Å². The van der Waals surface area contributed by atoms with Gasteiger partial charge in [-0.1, -0.05) is 13.8 Å². The lowest BCUT2D eigenvalue weighted by Crippen LogP contribution is -2.57. The number of imide groups is 1. The number of nitrogens with zero attached hydrogens (tertiary/aromatic N) is 2. The van der Waals surface area contributed by atoms with E-state index in [1.165, 1.54) is 0 Å². The molecule has 2 N–H and O–H groups in total. The highest BCUT2D eigenvalue weighted by Crippen LogP contribution is 2.10. The molecular weight excluding hydrogens is 296 g/mol. The van der Waals surface area contributed by atoms with E-state index >= 15 is 0 Å². The predicted octanol–water partition coefficient (Wildman–Crippen LogP) is 0.799. The summed E-state index contributed by atoms with van der Waals surface area (Å²) in [6.45, 7) is 13.6. The van der Waals surface area contributed by atoms with E-state index < -0.39 is 17.6 Å². The fraction of sp³-hybridized carbons (Fsp3) is 0.812. The number of rotatable bonds is 3. The van der Waals surface area contributed by atoms with Crippen molar-refractivity contribution >= 4 is 17.8 Å². The zero-order valence-corrected chi connectivity index (χ0v) is 15.1. The quantitative estimate of drug-likeness (QED) is 0.804. The Bertz CT molecular complexity index is 449. The predicted molar refractivity (Wildman–Crippen MR) is 88.9 cm³/mol. The van der Waals surface area contributed by atoms with Gasteiger partial charge in [0.25, 0.3) is 0 Å². The third-order valence-electron chi connectivity index (χ3n) is 3.77. The van der Waals surface area contributed by atoms with E-state index in [2.05, 4.69) is 10.6 Å². The van der Waals surface area contributed by atoms with Crippen LogP contribution in [0, 0.1) is 5.92 Å². The second kappa shape index (κ2) is 7.77. The van der Waals surface area contributed by atoms with Crippen LogP contribution in [0.2, 0.25) is 0 Å². The number of amides is 4. The number of hydrogen-bond acceptors (Lipinski definition) is 4. The van der Waals surface area contributed by atoms with Crippen molar-refractivity contribution in [2.24, 2.45) is 5.92 Å². The van der Waals surface area contributed by atoms with Gasteiger partial charge >= 0.3 is 6.03 Å². The van der Waals surface area contributed by atoms with Crippen molar-refractivity contribution in [2.75, 3.05) is 26.2 Å². The number of hydrogen-bond donors (Lipinski definition) is 2. The van der Waals surface area contributed by atoms with Gasteiger partial charge in [0.1, 0.15) is 0 Å². The summed E-state index contributed by atoms with van der Waals surface area (Å²) in [5, 5.41) is 5.07. The number of carbonyl (C=O) groups excluding carboxylic acids is 3. The molecule has 4 amide bonds. The maximum atomic E-state index is 12.2. The molecule has 0 aromatic heterocycles. The molecule has 23 heavy (non-hydrogen) atoms. The van der Waals surface area contributed by atoms with Crippen molar-refractivity contribution in [3.05, 3.63) is 0 Å². The van der Waals surface area contributed by atoms with Crippen LogP contribution in [0.5, 0.6) is 0 Å². The molecule has 7 heteroatoms. The molecule has 132 valence electrons. The third kappa shape index (κ3) is 6.17. The number of carbonyl (C=O) groups is 3. The second-order valence-electron chi connectivity index (χ2n) is 7.39. The Morgan fingerprint density at radius 1 is 0.957 bits per heavy atom. The summed E-state index contributed by atoms with van der Waals surface area (Å²) in [4.78, 5) is 39.7. The summed E-state index contributed by atoms with van der Waals surface area (Å²) >= 11 is 0. The van der Waals surface area contributed by atoms with E-state index in [1.54, 1.807) is 6.92 Å². The van der Waals surface area contributed by atoms with Crippen LogP contribution in [0.25, 0.3) is 0 Å². The average Bonchev–Trinajstić information content (AvgIpc) is 2.43. The van der Waals surface area contributed by atoms with Crippen LogP contribution in [-0.4, -0.2) is 65.4 Å². The molecule has 1 rings (SSSR count). The molecule has 0 aromatic carbocycles. The molecule has 0 spiro atoms.